The predicted molar refractivity (Wildman–Crippen MR) is 120 cm³/mol. The number of halogens is 1. The summed E-state index contributed by atoms with van der Waals surface area (Å²) in [5.41, 5.74) is 1.80. The summed E-state index contributed by atoms with van der Waals surface area (Å²) >= 11 is 6.39. The van der Waals surface area contributed by atoms with Gasteiger partial charge in [0, 0.05) is 6.54 Å². The van der Waals surface area contributed by atoms with Crippen LogP contribution in [0.2, 0.25) is 5.02 Å². The summed E-state index contributed by atoms with van der Waals surface area (Å²) in [7, 11) is -2.47. The summed E-state index contributed by atoms with van der Waals surface area (Å²) < 4.78 is 34.9. The van der Waals surface area contributed by atoms with Crippen LogP contribution in [0.4, 0.5) is 5.69 Å². The molecule has 0 saturated heterocycles. The van der Waals surface area contributed by atoms with E-state index < -0.39 is 15.7 Å². The summed E-state index contributed by atoms with van der Waals surface area (Å²) in [4.78, 5) is 23.6. The number of H-pyrrole nitrogens is 1. The van der Waals surface area contributed by atoms with Crippen molar-refractivity contribution in [2.45, 2.75) is 17.7 Å². The first kappa shape index (κ1) is 20.5. The highest BCUT2D eigenvalue weighted by Gasteiger charge is 2.30. The standard InChI is InChI=1S/C21H18ClN5O4S/c1-31-20-18-19(23-12-24-20)27(21(28)25-18)17-11-14(8-9-15(17)22)32(29,30)26-10-4-6-13-5-2-3-7-16(13)26/h2-3,5,7-9,11-12H,4,6,10H2,1H3,(H,25,28). The average Bonchev–Trinajstić information content (AvgIpc) is 3.14. The number of fused-ring (bicyclic) bond motifs is 2. The van der Waals surface area contributed by atoms with Crippen molar-refractivity contribution in [3.63, 3.8) is 0 Å². The van der Waals surface area contributed by atoms with Crippen molar-refractivity contribution in [3.05, 3.63) is 69.9 Å². The van der Waals surface area contributed by atoms with Gasteiger partial charge >= 0.3 is 5.69 Å². The van der Waals surface area contributed by atoms with Crippen molar-refractivity contribution >= 4 is 38.5 Å². The SMILES string of the molecule is COc1ncnc2c1[nH]c(=O)n2-c1cc(S(=O)(=O)N2CCCc3ccccc32)ccc1Cl. The second kappa shape index (κ2) is 7.64. The minimum absolute atomic E-state index is 0.0240. The molecule has 0 amide bonds. The van der Waals surface area contributed by atoms with E-state index in [0.717, 1.165) is 18.4 Å². The Labute approximate surface area is 188 Å². The first-order chi connectivity index (χ1) is 15.4. The van der Waals surface area contributed by atoms with E-state index in [-0.39, 0.29) is 32.6 Å². The van der Waals surface area contributed by atoms with E-state index >= 15 is 0 Å². The molecule has 0 unspecified atom stereocenters. The van der Waals surface area contributed by atoms with Crippen LogP contribution in [-0.4, -0.2) is 41.6 Å². The van der Waals surface area contributed by atoms with E-state index in [2.05, 4.69) is 15.0 Å². The molecular formula is C21H18ClN5O4S. The Hall–Kier alpha value is -3.37. The Morgan fingerprint density at radius 1 is 1.12 bits per heavy atom. The van der Waals surface area contributed by atoms with Crippen LogP contribution in [0.15, 0.2) is 58.5 Å². The summed E-state index contributed by atoms with van der Waals surface area (Å²) in [6, 6.07) is 11.7. The fraction of sp³-hybridized carbons (Fsp3) is 0.190. The van der Waals surface area contributed by atoms with E-state index in [1.54, 1.807) is 6.07 Å². The van der Waals surface area contributed by atoms with Crippen molar-refractivity contribution in [2.75, 3.05) is 18.0 Å². The second-order valence-corrected chi connectivity index (χ2v) is 9.54. The van der Waals surface area contributed by atoms with Crippen molar-refractivity contribution in [1.82, 2.24) is 19.5 Å². The molecule has 5 rings (SSSR count). The summed E-state index contributed by atoms with van der Waals surface area (Å²) in [6.07, 6.45) is 2.79. The van der Waals surface area contributed by atoms with Gasteiger partial charge in [0.25, 0.3) is 10.0 Å². The van der Waals surface area contributed by atoms with Crippen LogP contribution in [0.1, 0.15) is 12.0 Å². The van der Waals surface area contributed by atoms with Crippen LogP contribution in [0.3, 0.4) is 0 Å². The molecule has 2 aromatic carbocycles. The lowest BCUT2D eigenvalue weighted by atomic mass is 10.0. The summed E-state index contributed by atoms with van der Waals surface area (Å²) in [5.74, 6) is 0.190. The van der Waals surface area contributed by atoms with Gasteiger partial charge in [0.15, 0.2) is 5.65 Å². The Balaban J connectivity index is 1.68. The second-order valence-electron chi connectivity index (χ2n) is 7.27. The van der Waals surface area contributed by atoms with E-state index in [1.165, 1.54) is 40.5 Å². The van der Waals surface area contributed by atoms with Gasteiger partial charge in [-0.1, -0.05) is 29.8 Å². The van der Waals surface area contributed by atoms with Crippen molar-refractivity contribution in [3.8, 4) is 11.6 Å². The molecule has 1 N–H and O–H groups in total. The van der Waals surface area contributed by atoms with Crippen molar-refractivity contribution in [2.24, 2.45) is 0 Å². The maximum absolute atomic E-state index is 13.6. The molecule has 2 aromatic heterocycles. The number of hydrogen-bond donors (Lipinski definition) is 1. The molecule has 3 heterocycles. The molecule has 0 fully saturated rings. The lowest BCUT2D eigenvalue weighted by molar-refractivity contribution is 0.401. The van der Waals surface area contributed by atoms with Crippen LogP contribution in [0.25, 0.3) is 16.9 Å². The third kappa shape index (κ3) is 3.14. The van der Waals surface area contributed by atoms with Crippen LogP contribution < -0.4 is 14.7 Å². The number of ether oxygens (including phenoxy) is 1. The minimum Gasteiger partial charge on any atom is -0.479 e. The maximum Gasteiger partial charge on any atom is 0.332 e. The number of benzene rings is 2. The van der Waals surface area contributed by atoms with Gasteiger partial charge in [-0.3, -0.25) is 9.29 Å². The highest BCUT2D eigenvalue weighted by Crippen LogP contribution is 2.34. The fourth-order valence-electron chi connectivity index (χ4n) is 3.98. The van der Waals surface area contributed by atoms with Crippen LogP contribution >= 0.6 is 11.6 Å². The largest absolute Gasteiger partial charge is 0.479 e. The van der Waals surface area contributed by atoms with E-state index in [4.69, 9.17) is 16.3 Å². The van der Waals surface area contributed by atoms with Gasteiger partial charge in [0.2, 0.25) is 5.88 Å². The Bertz CT molecular complexity index is 1510. The summed E-state index contributed by atoms with van der Waals surface area (Å²) in [5, 5.41) is 0.198. The molecule has 1 aliphatic rings. The number of anilines is 1. The van der Waals surface area contributed by atoms with Crippen LogP contribution in [0.5, 0.6) is 5.88 Å². The minimum atomic E-state index is -3.89. The smallest absolute Gasteiger partial charge is 0.332 e. The molecule has 0 aliphatic carbocycles. The molecule has 32 heavy (non-hydrogen) atoms. The Morgan fingerprint density at radius 3 is 2.75 bits per heavy atom. The van der Waals surface area contributed by atoms with Gasteiger partial charge in [-0.15, -0.1) is 0 Å². The van der Waals surface area contributed by atoms with Gasteiger partial charge in [-0.25, -0.2) is 22.8 Å². The quantitative estimate of drug-likeness (QED) is 0.490. The zero-order valence-corrected chi connectivity index (χ0v) is 18.5. The first-order valence-electron chi connectivity index (χ1n) is 9.82. The average molecular weight is 472 g/mol. The third-order valence-corrected chi connectivity index (χ3v) is 7.58. The van der Waals surface area contributed by atoms with Crippen LogP contribution in [-0.2, 0) is 16.4 Å². The van der Waals surface area contributed by atoms with Crippen LogP contribution in [0, 0.1) is 0 Å². The lowest BCUT2D eigenvalue weighted by Crippen LogP contribution is -2.35. The lowest BCUT2D eigenvalue weighted by Gasteiger charge is -2.30. The molecule has 4 aromatic rings. The number of aryl methyl sites for hydroxylation is 1. The molecule has 0 saturated carbocycles. The van der Waals surface area contributed by atoms with E-state index in [1.807, 2.05) is 18.2 Å². The monoisotopic (exact) mass is 471 g/mol. The Kier molecular flexibility index (Phi) is 4.90. The number of sulfonamides is 1. The molecule has 164 valence electrons. The fourth-order valence-corrected chi connectivity index (χ4v) is 5.74. The topological polar surface area (TPSA) is 110 Å². The number of aromatic amines is 1. The maximum atomic E-state index is 13.6. The number of aromatic nitrogens is 4. The molecule has 0 spiro atoms. The number of methoxy groups -OCH3 is 1. The highest BCUT2D eigenvalue weighted by atomic mass is 35.5. The molecule has 9 nitrogen and oxygen atoms in total. The number of nitrogens with zero attached hydrogens (tertiary/aromatic N) is 4. The van der Waals surface area contributed by atoms with Gasteiger partial charge < -0.3 is 4.74 Å². The normalized spacial score (nSPS) is 13.9. The summed E-state index contributed by atoms with van der Waals surface area (Å²) in [6.45, 7) is 0.370. The molecule has 0 radical (unpaired) electrons. The number of nitrogens with one attached hydrogen (secondary N) is 1. The molecular weight excluding hydrogens is 454 g/mol. The number of imidazole rings is 1. The van der Waals surface area contributed by atoms with Crippen molar-refractivity contribution < 1.29 is 13.2 Å². The van der Waals surface area contributed by atoms with Gasteiger partial charge in [-0.05, 0) is 42.7 Å². The molecule has 0 bridgehead atoms. The van der Waals surface area contributed by atoms with Crippen molar-refractivity contribution in [1.29, 1.82) is 0 Å². The molecule has 11 heteroatoms. The van der Waals surface area contributed by atoms with Gasteiger partial charge in [0.05, 0.1) is 28.4 Å². The molecule has 1 aliphatic heterocycles. The predicted octanol–water partition coefficient (Wildman–Crippen LogP) is 2.91. The third-order valence-electron chi connectivity index (χ3n) is 5.45. The highest BCUT2D eigenvalue weighted by molar-refractivity contribution is 7.92. The zero-order valence-electron chi connectivity index (χ0n) is 16.9. The van der Waals surface area contributed by atoms with E-state index in [0.29, 0.717) is 12.2 Å². The first-order valence-corrected chi connectivity index (χ1v) is 11.6. The zero-order chi connectivity index (χ0) is 22.5. The number of hydrogen-bond acceptors (Lipinski definition) is 6. The Morgan fingerprint density at radius 2 is 1.94 bits per heavy atom. The van der Waals surface area contributed by atoms with Gasteiger partial charge in [0.1, 0.15) is 11.8 Å². The van der Waals surface area contributed by atoms with Gasteiger partial charge in [-0.2, -0.15) is 4.98 Å². The molecule has 0 atom stereocenters. The number of para-hydroxylation sites is 1. The van der Waals surface area contributed by atoms with E-state index in [9.17, 15) is 13.2 Å². The number of rotatable bonds is 4.